The topological polar surface area (TPSA) is 9.23 Å². The highest BCUT2D eigenvalue weighted by atomic mass is 32.2. The van der Waals surface area contributed by atoms with Gasteiger partial charge in [-0.1, -0.05) is 13.8 Å². The third kappa shape index (κ3) is 2.91. The van der Waals surface area contributed by atoms with Crippen LogP contribution < -0.4 is 4.74 Å². The molecule has 1 rings (SSSR count). The zero-order valence-electron chi connectivity index (χ0n) is 10.3. The van der Waals surface area contributed by atoms with Crippen LogP contribution in [-0.2, 0) is 0 Å². The Morgan fingerprint density at radius 2 is 2.00 bits per heavy atom. The van der Waals surface area contributed by atoms with Crippen LogP contribution in [0.15, 0.2) is 17.0 Å². The maximum Gasteiger partial charge on any atom is 0.122 e. The summed E-state index contributed by atoms with van der Waals surface area (Å²) < 4.78 is 5.62. The normalized spacial score (nSPS) is 10.8. The second kappa shape index (κ2) is 5.45. The summed E-state index contributed by atoms with van der Waals surface area (Å²) in [4.78, 5) is 1.37. The molecule has 0 spiro atoms. The molecule has 0 unspecified atom stereocenters. The molecule has 84 valence electrons. The molecule has 0 saturated heterocycles. The average Bonchev–Trinajstić information content (AvgIpc) is 2.20. The fraction of sp³-hybridized carbons (Fsp3) is 0.538. The fourth-order valence-corrected chi connectivity index (χ4v) is 2.44. The van der Waals surface area contributed by atoms with Gasteiger partial charge in [0.05, 0.1) is 6.61 Å². The van der Waals surface area contributed by atoms with Gasteiger partial charge in [0.1, 0.15) is 5.75 Å². The van der Waals surface area contributed by atoms with Crippen molar-refractivity contribution in [2.45, 2.75) is 38.5 Å². The van der Waals surface area contributed by atoms with Gasteiger partial charge in [0.25, 0.3) is 0 Å². The summed E-state index contributed by atoms with van der Waals surface area (Å²) in [5.74, 6) is 1.58. The van der Waals surface area contributed by atoms with Crippen molar-refractivity contribution >= 4 is 11.8 Å². The highest BCUT2D eigenvalue weighted by Gasteiger charge is 2.10. The SMILES string of the molecule is CCOc1cc(C(C)C)c(SC)cc1C. The van der Waals surface area contributed by atoms with Crippen LogP contribution >= 0.6 is 11.8 Å². The van der Waals surface area contributed by atoms with Gasteiger partial charge in [0, 0.05) is 4.90 Å². The van der Waals surface area contributed by atoms with Crippen LogP contribution in [-0.4, -0.2) is 12.9 Å². The number of hydrogen-bond donors (Lipinski definition) is 0. The van der Waals surface area contributed by atoms with E-state index in [2.05, 4.69) is 39.2 Å². The molecule has 0 aromatic heterocycles. The van der Waals surface area contributed by atoms with E-state index < -0.39 is 0 Å². The van der Waals surface area contributed by atoms with Crippen molar-refractivity contribution in [3.05, 3.63) is 23.3 Å². The largest absolute Gasteiger partial charge is 0.494 e. The van der Waals surface area contributed by atoms with Crippen molar-refractivity contribution in [2.24, 2.45) is 0 Å². The Morgan fingerprint density at radius 1 is 1.33 bits per heavy atom. The van der Waals surface area contributed by atoms with Crippen LogP contribution in [0.25, 0.3) is 0 Å². The van der Waals surface area contributed by atoms with E-state index in [0.29, 0.717) is 5.92 Å². The van der Waals surface area contributed by atoms with Gasteiger partial charge in [-0.25, -0.2) is 0 Å². The van der Waals surface area contributed by atoms with Gasteiger partial charge in [0.2, 0.25) is 0 Å². The fourth-order valence-electron chi connectivity index (χ4n) is 1.62. The second-order valence-electron chi connectivity index (χ2n) is 3.95. The minimum atomic E-state index is 0.548. The van der Waals surface area contributed by atoms with Crippen LogP contribution in [0.4, 0.5) is 0 Å². The minimum absolute atomic E-state index is 0.548. The zero-order valence-corrected chi connectivity index (χ0v) is 11.1. The number of hydrogen-bond acceptors (Lipinski definition) is 2. The third-order valence-corrected chi connectivity index (χ3v) is 3.24. The highest BCUT2D eigenvalue weighted by molar-refractivity contribution is 7.98. The number of ether oxygens (including phenoxy) is 1. The van der Waals surface area contributed by atoms with E-state index in [1.807, 2.05) is 18.7 Å². The van der Waals surface area contributed by atoms with Crippen molar-refractivity contribution in [3.63, 3.8) is 0 Å². The van der Waals surface area contributed by atoms with Crippen molar-refractivity contribution in [1.29, 1.82) is 0 Å². The van der Waals surface area contributed by atoms with Crippen molar-refractivity contribution in [1.82, 2.24) is 0 Å². The van der Waals surface area contributed by atoms with Gasteiger partial charge in [0.15, 0.2) is 0 Å². The smallest absolute Gasteiger partial charge is 0.122 e. The van der Waals surface area contributed by atoms with E-state index in [1.54, 1.807) is 0 Å². The molecular weight excluding hydrogens is 204 g/mol. The molecule has 0 N–H and O–H groups in total. The molecule has 1 aromatic carbocycles. The molecule has 2 heteroatoms. The van der Waals surface area contributed by atoms with Crippen molar-refractivity contribution < 1.29 is 4.74 Å². The zero-order chi connectivity index (χ0) is 11.4. The monoisotopic (exact) mass is 224 g/mol. The molecule has 0 radical (unpaired) electrons. The Hall–Kier alpha value is -0.630. The Kier molecular flexibility index (Phi) is 4.52. The van der Waals surface area contributed by atoms with Crippen LogP contribution in [0.1, 0.15) is 37.8 Å². The quantitative estimate of drug-likeness (QED) is 0.707. The molecule has 0 atom stereocenters. The van der Waals surface area contributed by atoms with E-state index in [1.165, 1.54) is 16.0 Å². The lowest BCUT2D eigenvalue weighted by Crippen LogP contribution is -1.98. The summed E-state index contributed by atoms with van der Waals surface area (Å²) in [6.07, 6.45) is 2.13. The van der Waals surface area contributed by atoms with E-state index in [4.69, 9.17) is 4.74 Å². The summed E-state index contributed by atoms with van der Waals surface area (Å²) in [5, 5.41) is 0. The maximum absolute atomic E-state index is 5.62. The van der Waals surface area contributed by atoms with E-state index in [9.17, 15) is 0 Å². The van der Waals surface area contributed by atoms with Crippen molar-refractivity contribution in [3.8, 4) is 5.75 Å². The summed E-state index contributed by atoms with van der Waals surface area (Å²) in [6, 6.07) is 4.42. The molecule has 0 bridgehead atoms. The molecule has 15 heavy (non-hydrogen) atoms. The molecule has 0 fully saturated rings. The Labute approximate surface area is 97.2 Å². The number of rotatable bonds is 4. The number of benzene rings is 1. The first-order chi connectivity index (χ1) is 7.10. The van der Waals surface area contributed by atoms with Gasteiger partial charge < -0.3 is 4.74 Å². The molecule has 0 heterocycles. The van der Waals surface area contributed by atoms with Gasteiger partial charge >= 0.3 is 0 Å². The minimum Gasteiger partial charge on any atom is -0.494 e. The Balaban J connectivity index is 3.17. The summed E-state index contributed by atoms with van der Waals surface area (Å²) in [5.41, 5.74) is 2.61. The molecule has 0 aliphatic carbocycles. The standard InChI is InChI=1S/C13H20OS/c1-6-14-12-8-11(9(2)3)13(15-5)7-10(12)4/h7-9H,6H2,1-5H3. The highest BCUT2D eigenvalue weighted by Crippen LogP contribution is 2.33. The lowest BCUT2D eigenvalue weighted by atomic mass is 10.0. The van der Waals surface area contributed by atoms with Crippen molar-refractivity contribution in [2.75, 3.05) is 12.9 Å². The first kappa shape index (κ1) is 12.4. The molecule has 1 aromatic rings. The predicted molar refractivity (Wildman–Crippen MR) is 68.2 cm³/mol. The molecule has 1 nitrogen and oxygen atoms in total. The maximum atomic E-state index is 5.62. The first-order valence-corrected chi connectivity index (χ1v) is 6.64. The van der Waals surface area contributed by atoms with Gasteiger partial charge in [-0.3, -0.25) is 0 Å². The van der Waals surface area contributed by atoms with Crippen LogP contribution in [0, 0.1) is 6.92 Å². The van der Waals surface area contributed by atoms with Crippen LogP contribution in [0.3, 0.4) is 0 Å². The van der Waals surface area contributed by atoms with E-state index in [-0.39, 0.29) is 0 Å². The second-order valence-corrected chi connectivity index (χ2v) is 4.80. The lowest BCUT2D eigenvalue weighted by molar-refractivity contribution is 0.337. The summed E-state index contributed by atoms with van der Waals surface area (Å²) >= 11 is 1.81. The predicted octanol–water partition coefficient (Wildman–Crippen LogP) is 4.24. The van der Waals surface area contributed by atoms with E-state index >= 15 is 0 Å². The molecular formula is C13H20OS. The third-order valence-electron chi connectivity index (χ3n) is 2.45. The lowest BCUT2D eigenvalue weighted by Gasteiger charge is -2.15. The van der Waals surface area contributed by atoms with Gasteiger partial charge in [-0.15, -0.1) is 11.8 Å². The number of thioether (sulfide) groups is 1. The van der Waals surface area contributed by atoms with Gasteiger partial charge in [-0.2, -0.15) is 0 Å². The number of aryl methyl sites for hydroxylation is 1. The summed E-state index contributed by atoms with van der Waals surface area (Å²) in [7, 11) is 0. The molecule has 0 amide bonds. The van der Waals surface area contributed by atoms with Crippen LogP contribution in [0.5, 0.6) is 5.75 Å². The Morgan fingerprint density at radius 3 is 2.47 bits per heavy atom. The molecule has 0 aliphatic rings. The molecule has 0 aliphatic heterocycles. The van der Waals surface area contributed by atoms with Crippen LogP contribution in [0.2, 0.25) is 0 Å². The summed E-state index contributed by atoms with van der Waals surface area (Å²) in [6.45, 7) is 9.31. The van der Waals surface area contributed by atoms with E-state index in [0.717, 1.165) is 12.4 Å². The first-order valence-electron chi connectivity index (χ1n) is 5.41. The average molecular weight is 224 g/mol. The molecule has 0 saturated carbocycles. The Bertz CT molecular complexity index is 332. The van der Waals surface area contributed by atoms with Gasteiger partial charge in [-0.05, 0) is 49.3 Å².